The van der Waals surface area contributed by atoms with Crippen molar-refractivity contribution in [2.75, 3.05) is 0 Å². The highest BCUT2D eigenvalue weighted by atomic mass is 15.3. The minimum atomic E-state index is 0.0251. The molecule has 0 amide bonds. The van der Waals surface area contributed by atoms with Crippen LogP contribution in [0.3, 0.4) is 0 Å². The third-order valence-electron chi connectivity index (χ3n) is 3.08. The van der Waals surface area contributed by atoms with Gasteiger partial charge in [0.2, 0.25) is 0 Å². The van der Waals surface area contributed by atoms with Gasteiger partial charge in [0.25, 0.3) is 0 Å². The van der Waals surface area contributed by atoms with Crippen molar-refractivity contribution in [3.63, 3.8) is 0 Å². The van der Waals surface area contributed by atoms with Gasteiger partial charge in [0.05, 0.1) is 6.21 Å². The van der Waals surface area contributed by atoms with Gasteiger partial charge in [-0.15, -0.1) is 0 Å². The number of rotatable bonds is 0. The Bertz CT molecular complexity index is 363. The minimum absolute atomic E-state index is 0.0251. The largest absolute Gasteiger partial charge is 0.286 e. The lowest BCUT2D eigenvalue weighted by molar-refractivity contribution is 0.465. The molecule has 16 heavy (non-hydrogen) atoms. The van der Waals surface area contributed by atoms with Crippen molar-refractivity contribution in [1.82, 2.24) is 5.43 Å². The number of fused-ring (bicyclic) bond motifs is 2. The third-order valence-corrected chi connectivity index (χ3v) is 3.08. The van der Waals surface area contributed by atoms with E-state index in [0.29, 0.717) is 5.92 Å². The van der Waals surface area contributed by atoms with Crippen molar-refractivity contribution in [3.8, 4) is 0 Å². The Morgan fingerprint density at radius 3 is 2.75 bits per heavy atom. The van der Waals surface area contributed by atoms with Crippen molar-refractivity contribution >= 4 is 12.4 Å². The zero-order valence-corrected chi connectivity index (χ0v) is 10.8. The molecule has 2 heterocycles. The fourth-order valence-corrected chi connectivity index (χ4v) is 1.82. The van der Waals surface area contributed by atoms with E-state index >= 15 is 0 Å². The molecule has 0 radical (unpaired) electrons. The van der Waals surface area contributed by atoms with E-state index in [1.807, 2.05) is 39.4 Å². The van der Waals surface area contributed by atoms with E-state index in [1.54, 1.807) is 0 Å². The summed E-state index contributed by atoms with van der Waals surface area (Å²) in [5.41, 5.74) is 5.18. The normalized spacial score (nSPS) is 39.7. The van der Waals surface area contributed by atoms with Gasteiger partial charge in [-0.25, -0.2) is 0 Å². The van der Waals surface area contributed by atoms with Crippen molar-refractivity contribution in [1.29, 1.82) is 0 Å². The zero-order valence-electron chi connectivity index (χ0n) is 10.8. The SMILES string of the molecule is CC.CC1=C2\N=CC(C)(/C=C\N/N=C\1)C2C. The van der Waals surface area contributed by atoms with Crippen LogP contribution in [-0.2, 0) is 0 Å². The first-order valence-corrected chi connectivity index (χ1v) is 5.86. The number of nitrogens with zero attached hydrogens (tertiary/aromatic N) is 2. The molecule has 0 aromatic carbocycles. The molecular weight excluding hydrogens is 198 g/mol. The van der Waals surface area contributed by atoms with E-state index in [0.717, 1.165) is 11.3 Å². The monoisotopic (exact) mass is 219 g/mol. The Morgan fingerprint density at radius 2 is 2.06 bits per heavy atom. The summed E-state index contributed by atoms with van der Waals surface area (Å²) in [5.74, 6) is 0.421. The van der Waals surface area contributed by atoms with Crippen LogP contribution >= 0.6 is 0 Å². The van der Waals surface area contributed by atoms with Crippen LogP contribution in [0.5, 0.6) is 0 Å². The fourth-order valence-electron chi connectivity index (χ4n) is 1.82. The van der Waals surface area contributed by atoms with Gasteiger partial charge in [-0.05, 0) is 12.5 Å². The van der Waals surface area contributed by atoms with Gasteiger partial charge in [-0.3, -0.25) is 10.4 Å². The van der Waals surface area contributed by atoms with E-state index in [9.17, 15) is 0 Å². The Hall–Kier alpha value is -1.38. The first-order valence-electron chi connectivity index (χ1n) is 5.86. The summed E-state index contributed by atoms with van der Waals surface area (Å²) in [7, 11) is 0. The molecule has 0 spiro atoms. The maximum atomic E-state index is 4.48. The Balaban J connectivity index is 0.000000606. The molecule has 0 saturated heterocycles. The number of nitrogens with one attached hydrogen (secondary N) is 1. The molecule has 0 aromatic heterocycles. The molecule has 2 rings (SSSR count). The second kappa shape index (κ2) is 5.10. The fraction of sp³-hybridized carbons (Fsp3) is 0.538. The van der Waals surface area contributed by atoms with Crippen molar-refractivity contribution in [3.05, 3.63) is 23.5 Å². The summed E-state index contributed by atoms with van der Waals surface area (Å²) < 4.78 is 0. The molecule has 88 valence electrons. The van der Waals surface area contributed by atoms with Crippen LogP contribution in [0.15, 0.2) is 33.6 Å². The van der Waals surface area contributed by atoms with Crippen molar-refractivity contribution in [2.24, 2.45) is 21.4 Å². The topological polar surface area (TPSA) is 36.8 Å². The zero-order chi connectivity index (χ0) is 12.2. The highest BCUT2D eigenvalue weighted by Gasteiger charge is 2.35. The molecule has 2 aliphatic rings. The van der Waals surface area contributed by atoms with Crippen LogP contribution in [0, 0.1) is 11.3 Å². The standard InChI is InChI=1S/C11H15N3.C2H6/c1-8-6-14-13-5-4-11(3)7-12-10(8)9(11)2;1-2/h4-7,9,13H,1-3H3;1-2H3/b5-4-,10-8+,14-6-;. The van der Waals surface area contributed by atoms with Gasteiger partial charge in [0.1, 0.15) is 0 Å². The van der Waals surface area contributed by atoms with Gasteiger partial charge in [-0.2, -0.15) is 5.10 Å². The maximum Gasteiger partial charge on any atom is 0.0519 e. The Kier molecular flexibility index (Phi) is 4.05. The smallest absolute Gasteiger partial charge is 0.0519 e. The molecule has 0 aliphatic carbocycles. The summed E-state index contributed by atoms with van der Waals surface area (Å²) in [6, 6.07) is 0. The van der Waals surface area contributed by atoms with E-state index in [-0.39, 0.29) is 5.41 Å². The van der Waals surface area contributed by atoms with E-state index in [2.05, 4.69) is 35.4 Å². The average Bonchev–Trinajstić information content (AvgIpc) is 2.60. The molecule has 2 aliphatic heterocycles. The maximum absolute atomic E-state index is 4.48. The quantitative estimate of drug-likeness (QED) is 0.667. The Morgan fingerprint density at radius 1 is 1.38 bits per heavy atom. The van der Waals surface area contributed by atoms with Gasteiger partial charge < -0.3 is 0 Å². The summed E-state index contributed by atoms with van der Waals surface area (Å²) in [6.07, 6.45) is 7.84. The number of hydrogen-bond donors (Lipinski definition) is 1. The molecule has 0 saturated carbocycles. The van der Waals surface area contributed by atoms with Crippen molar-refractivity contribution < 1.29 is 0 Å². The van der Waals surface area contributed by atoms with E-state index < -0.39 is 0 Å². The first-order chi connectivity index (χ1) is 7.63. The molecule has 2 bridgehead atoms. The lowest BCUT2D eigenvalue weighted by atomic mass is 9.79. The number of hydrazone groups is 1. The van der Waals surface area contributed by atoms with Gasteiger partial charge in [0.15, 0.2) is 0 Å². The van der Waals surface area contributed by atoms with Crippen LogP contribution < -0.4 is 5.43 Å². The third kappa shape index (κ3) is 2.23. The highest BCUT2D eigenvalue weighted by Crippen LogP contribution is 2.39. The van der Waals surface area contributed by atoms with Crippen LogP contribution in [0.4, 0.5) is 0 Å². The molecule has 3 nitrogen and oxygen atoms in total. The lowest BCUT2D eigenvalue weighted by Gasteiger charge is -2.22. The van der Waals surface area contributed by atoms with Crippen molar-refractivity contribution in [2.45, 2.75) is 34.6 Å². The molecular formula is C13H21N3. The summed E-state index contributed by atoms with van der Waals surface area (Å²) in [5, 5.41) is 4.06. The number of hydrogen-bond acceptors (Lipinski definition) is 3. The van der Waals surface area contributed by atoms with E-state index in [1.165, 1.54) is 0 Å². The summed E-state index contributed by atoms with van der Waals surface area (Å²) in [6.45, 7) is 10.4. The highest BCUT2D eigenvalue weighted by molar-refractivity contribution is 5.83. The molecule has 2 unspecified atom stereocenters. The van der Waals surface area contributed by atoms with Crippen LogP contribution in [-0.4, -0.2) is 12.4 Å². The molecule has 3 heteroatoms. The molecule has 2 atom stereocenters. The summed E-state index contributed by atoms with van der Waals surface area (Å²) >= 11 is 0. The second-order valence-electron chi connectivity index (χ2n) is 4.13. The lowest BCUT2D eigenvalue weighted by Crippen LogP contribution is -2.21. The molecule has 0 aromatic rings. The molecule has 0 fully saturated rings. The summed E-state index contributed by atoms with van der Waals surface area (Å²) in [4.78, 5) is 4.48. The van der Waals surface area contributed by atoms with Crippen LogP contribution in [0.1, 0.15) is 34.6 Å². The minimum Gasteiger partial charge on any atom is -0.286 e. The first kappa shape index (κ1) is 12.7. The van der Waals surface area contributed by atoms with Gasteiger partial charge in [-0.1, -0.05) is 33.8 Å². The van der Waals surface area contributed by atoms with Gasteiger partial charge >= 0.3 is 0 Å². The Labute approximate surface area is 98.0 Å². The predicted molar refractivity (Wildman–Crippen MR) is 70.6 cm³/mol. The second-order valence-corrected chi connectivity index (χ2v) is 4.13. The van der Waals surface area contributed by atoms with Gasteiger partial charge in [0, 0.05) is 29.4 Å². The van der Waals surface area contributed by atoms with Crippen LogP contribution in [0.25, 0.3) is 0 Å². The van der Waals surface area contributed by atoms with Crippen LogP contribution in [0.2, 0.25) is 0 Å². The average molecular weight is 219 g/mol. The predicted octanol–water partition coefficient (Wildman–Crippen LogP) is 3.12. The van der Waals surface area contributed by atoms with E-state index in [4.69, 9.17) is 0 Å². The number of aliphatic imine (C=N–C) groups is 1. The molecule has 1 N–H and O–H groups in total. The number of allylic oxidation sites excluding steroid dienone is 3.